The van der Waals surface area contributed by atoms with E-state index in [2.05, 4.69) is 25.9 Å². The topological polar surface area (TPSA) is 105 Å². The predicted molar refractivity (Wildman–Crippen MR) is 77.1 cm³/mol. The highest BCUT2D eigenvalue weighted by Crippen LogP contribution is 2.07. The summed E-state index contributed by atoms with van der Waals surface area (Å²) in [6.07, 6.45) is 4.61. The van der Waals surface area contributed by atoms with Gasteiger partial charge in [0.1, 0.15) is 18.3 Å². The van der Waals surface area contributed by atoms with Gasteiger partial charge in [0.05, 0.1) is 5.69 Å². The molecule has 0 spiro atoms. The SMILES string of the molecule is O=C(NNC(=O)c1ccc[nH]1)c1ccc(-n2cncn2)cc1. The van der Waals surface area contributed by atoms with E-state index in [9.17, 15) is 9.59 Å². The van der Waals surface area contributed by atoms with Crippen LogP contribution in [0, 0.1) is 0 Å². The Balaban J connectivity index is 1.62. The third-order valence-corrected chi connectivity index (χ3v) is 2.94. The molecule has 0 aliphatic heterocycles. The second kappa shape index (κ2) is 5.92. The monoisotopic (exact) mass is 296 g/mol. The van der Waals surface area contributed by atoms with Gasteiger partial charge in [0.25, 0.3) is 11.8 Å². The third-order valence-electron chi connectivity index (χ3n) is 2.94. The first-order valence-electron chi connectivity index (χ1n) is 6.43. The van der Waals surface area contributed by atoms with Gasteiger partial charge in [0, 0.05) is 11.8 Å². The molecule has 0 bridgehead atoms. The number of benzene rings is 1. The zero-order valence-corrected chi connectivity index (χ0v) is 11.4. The third kappa shape index (κ3) is 2.85. The number of hydrazine groups is 1. The molecule has 3 aromatic rings. The summed E-state index contributed by atoms with van der Waals surface area (Å²) in [4.78, 5) is 30.2. The van der Waals surface area contributed by atoms with Crippen molar-refractivity contribution in [3.63, 3.8) is 0 Å². The van der Waals surface area contributed by atoms with Crippen LogP contribution in [-0.2, 0) is 0 Å². The molecule has 0 fully saturated rings. The Kier molecular flexibility index (Phi) is 3.65. The van der Waals surface area contributed by atoms with E-state index in [4.69, 9.17) is 0 Å². The van der Waals surface area contributed by atoms with Gasteiger partial charge in [-0.05, 0) is 36.4 Å². The summed E-state index contributed by atoms with van der Waals surface area (Å²) >= 11 is 0. The summed E-state index contributed by atoms with van der Waals surface area (Å²) in [5.74, 6) is -0.831. The van der Waals surface area contributed by atoms with Crippen molar-refractivity contribution in [1.82, 2.24) is 30.6 Å². The largest absolute Gasteiger partial charge is 0.357 e. The number of hydrogen-bond acceptors (Lipinski definition) is 4. The fourth-order valence-corrected chi connectivity index (χ4v) is 1.83. The van der Waals surface area contributed by atoms with Gasteiger partial charge >= 0.3 is 0 Å². The molecule has 0 aliphatic carbocycles. The molecule has 8 heteroatoms. The number of aromatic nitrogens is 4. The molecule has 0 radical (unpaired) electrons. The van der Waals surface area contributed by atoms with Gasteiger partial charge in [-0.15, -0.1) is 0 Å². The van der Waals surface area contributed by atoms with Crippen molar-refractivity contribution in [2.45, 2.75) is 0 Å². The summed E-state index contributed by atoms with van der Waals surface area (Å²) in [5, 5.41) is 3.99. The minimum Gasteiger partial charge on any atom is -0.357 e. The van der Waals surface area contributed by atoms with Crippen LogP contribution in [0.3, 0.4) is 0 Å². The number of H-pyrrole nitrogens is 1. The van der Waals surface area contributed by atoms with E-state index in [-0.39, 0.29) is 0 Å². The van der Waals surface area contributed by atoms with Crippen LogP contribution in [0.5, 0.6) is 0 Å². The van der Waals surface area contributed by atoms with Gasteiger partial charge in [-0.25, -0.2) is 9.67 Å². The first-order chi connectivity index (χ1) is 10.7. The lowest BCUT2D eigenvalue weighted by atomic mass is 10.2. The number of rotatable bonds is 3. The highest BCUT2D eigenvalue weighted by Gasteiger charge is 2.09. The molecular formula is C14H12N6O2. The normalized spacial score (nSPS) is 10.2. The zero-order valence-electron chi connectivity index (χ0n) is 11.4. The molecule has 8 nitrogen and oxygen atoms in total. The fraction of sp³-hybridized carbons (Fsp3) is 0. The molecule has 110 valence electrons. The molecule has 3 N–H and O–H groups in total. The van der Waals surface area contributed by atoms with Crippen LogP contribution < -0.4 is 10.9 Å². The van der Waals surface area contributed by atoms with E-state index in [1.807, 2.05) is 0 Å². The predicted octanol–water partition coefficient (Wildman–Crippen LogP) is 0.670. The number of hydrogen-bond donors (Lipinski definition) is 3. The van der Waals surface area contributed by atoms with Gasteiger partial charge in [-0.3, -0.25) is 20.4 Å². The average Bonchev–Trinajstić information content (AvgIpc) is 3.25. The lowest BCUT2D eigenvalue weighted by molar-refractivity contribution is 0.0844. The first kappa shape index (κ1) is 13.6. The van der Waals surface area contributed by atoms with E-state index >= 15 is 0 Å². The van der Waals surface area contributed by atoms with Gasteiger partial charge in [0.15, 0.2) is 0 Å². The van der Waals surface area contributed by atoms with E-state index < -0.39 is 11.8 Å². The minimum atomic E-state index is -0.419. The van der Waals surface area contributed by atoms with Crippen molar-refractivity contribution in [3.8, 4) is 5.69 Å². The molecule has 2 heterocycles. The molecule has 0 saturated heterocycles. The summed E-state index contributed by atoms with van der Waals surface area (Å²) in [7, 11) is 0. The van der Waals surface area contributed by atoms with Crippen molar-refractivity contribution in [1.29, 1.82) is 0 Å². The standard InChI is InChI=1S/C14H12N6O2/c21-13(18-19-14(22)12-2-1-7-16-12)10-3-5-11(6-4-10)20-9-15-8-17-20/h1-9,16H,(H,18,21)(H,19,22). The molecule has 1 aromatic carbocycles. The van der Waals surface area contributed by atoms with Crippen LogP contribution in [0.1, 0.15) is 20.8 Å². The van der Waals surface area contributed by atoms with E-state index in [0.717, 1.165) is 5.69 Å². The maximum Gasteiger partial charge on any atom is 0.286 e. The van der Waals surface area contributed by atoms with E-state index in [1.165, 1.54) is 6.33 Å². The van der Waals surface area contributed by atoms with Crippen molar-refractivity contribution < 1.29 is 9.59 Å². The second-order valence-electron chi connectivity index (χ2n) is 4.38. The van der Waals surface area contributed by atoms with Crippen LogP contribution in [-0.4, -0.2) is 31.6 Å². The summed E-state index contributed by atoms with van der Waals surface area (Å²) < 4.78 is 1.58. The Hall–Kier alpha value is -3.42. The number of aromatic amines is 1. The molecule has 3 rings (SSSR count). The van der Waals surface area contributed by atoms with Gasteiger partial charge in [-0.2, -0.15) is 5.10 Å². The Labute approximate surface area is 125 Å². The maximum absolute atomic E-state index is 11.9. The minimum absolute atomic E-state index is 0.363. The van der Waals surface area contributed by atoms with Gasteiger partial charge in [-0.1, -0.05) is 0 Å². The molecule has 2 aromatic heterocycles. The average molecular weight is 296 g/mol. The Morgan fingerprint density at radius 1 is 1.05 bits per heavy atom. The van der Waals surface area contributed by atoms with Crippen molar-refractivity contribution >= 4 is 11.8 Å². The quantitative estimate of drug-likeness (QED) is 0.618. The maximum atomic E-state index is 11.9. The Morgan fingerprint density at radius 2 is 1.82 bits per heavy atom. The molecule has 2 amide bonds. The highest BCUT2D eigenvalue weighted by atomic mass is 16.2. The van der Waals surface area contributed by atoms with Crippen molar-refractivity contribution in [2.75, 3.05) is 0 Å². The van der Waals surface area contributed by atoms with Crippen LogP contribution >= 0.6 is 0 Å². The molecule has 0 unspecified atom stereocenters. The van der Waals surface area contributed by atoms with Gasteiger partial charge in [0.2, 0.25) is 0 Å². The number of carbonyl (C=O) groups is 2. The van der Waals surface area contributed by atoms with Crippen LogP contribution in [0.4, 0.5) is 0 Å². The summed E-state index contributed by atoms with van der Waals surface area (Å²) in [5.41, 5.74) is 6.23. The number of nitrogens with one attached hydrogen (secondary N) is 3. The van der Waals surface area contributed by atoms with Gasteiger partial charge < -0.3 is 4.98 Å². The Bertz CT molecular complexity index is 762. The van der Waals surface area contributed by atoms with Crippen LogP contribution in [0.25, 0.3) is 5.69 Å². The van der Waals surface area contributed by atoms with Crippen LogP contribution in [0.2, 0.25) is 0 Å². The lowest BCUT2D eigenvalue weighted by Crippen LogP contribution is -2.41. The first-order valence-corrected chi connectivity index (χ1v) is 6.43. The smallest absolute Gasteiger partial charge is 0.286 e. The van der Waals surface area contributed by atoms with Crippen molar-refractivity contribution in [3.05, 3.63) is 66.5 Å². The zero-order chi connectivity index (χ0) is 15.4. The molecular weight excluding hydrogens is 284 g/mol. The lowest BCUT2D eigenvalue weighted by Gasteiger charge is -2.07. The molecule has 0 atom stereocenters. The summed E-state index contributed by atoms with van der Waals surface area (Å²) in [6, 6.07) is 10.0. The Morgan fingerprint density at radius 3 is 2.45 bits per heavy atom. The molecule has 0 saturated carbocycles. The fourth-order valence-electron chi connectivity index (χ4n) is 1.83. The highest BCUT2D eigenvalue weighted by molar-refractivity contribution is 5.98. The number of carbonyl (C=O) groups excluding carboxylic acids is 2. The second-order valence-corrected chi connectivity index (χ2v) is 4.38. The molecule has 0 aliphatic rings. The summed E-state index contributed by atoms with van der Waals surface area (Å²) in [6.45, 7) is 0. The number of nitrogens with zero attached hydrogens (tertiary/aromatic N) is 3. The van der Waals surface area contributed by atoms with E-state index in [0.29, 0.717) is 11.3 Å². The van der Waals surface area contributed by atoms with Crippen LogP contribution in [0.15, 0.2) is 55.2 Å². The van der Waals surface area contributed by atoms with E-state index in [1.54, 1.807) is 53.6 Å². The molecule has 22 heavy (non-hydrogen) atoms. The number of amides is 2. The van der Waals surface area contributed by atoms with Crippen molar-refractivity contribution in [2.24, 2.45) is 0 Å².